The van der Waals surface area contributed by atoms with Crippen molar-refractivity contribution in [1.29, 1.82) is 0 Å². The highest BCUT2D eigenvalue weighted by molar-refractivity contribution is 6.31. The van der Waals surface area contributed by atoms with Crippen LogP contribution in [-0.2, 0) is 6.54 Å². The molecule has 0 bridgehead atoms. The van der Waals surface area contributed by atoms with Crippen molar-refractivity contribution >= 4 is 29.1 Å². The summed E-state index contributed by atoms with van der Waals surface area (Å²) < 4.78 is 0. The second-order valence-corrected chi connectivity index (χ2v) is 6.81. The monoisotopic (exact) mass is 380 g/mol. The number of nitrogens with one attached hydrogen (secondary N) is 1. The first-order valence-corrected chi connectivity index (χ1v) is 8.99. The Bertz CT molecular complexity index is 960. The number of nitrogens with zero attached hydrogens (tertiary/aromatic N) is 3. The zero-order valence-corrected chi connectivity index (χ0v) is 16.3. The number of halogens is 1. The van der Waals surface area contributed by atoms with Gasteiger partial charge in [-0.2, -0.15) is 0 Å². The molecule has 1 amide bonds. The Morgan fingerprint density at radius 3 is 2.56 bits per heavy atom. The molecule has 1 N–H and O–H groups in total. The predicted octanol–water partition coefficient (Wildman–Crippen LogP) is 4.76. The molecule has 0 saturated heterocycles. The van der Waals surface area contributed by atoms with Gasteiger partial charge >= 0.3 is 0 Å². The van der Waals surface area contributed by atoms with Crippen LogP contribution in [0.5, 0.6) is 0 Å². The van der Waals surface area contributed by atoms with E-state index >= 15 is 0 Å². The van der Waals surface area contributed by atoms with E-state index in [0.717, 1.165) is 16.8 Å². The Hall–Kier alpha value is -2.92. The van der Waals surface area contributed by atoms with E-state index in [1.165, 1.54) is 0 Å². The van der Waals surface area contributed by atoms with Crippen LogP contribution in [0.2, 0.25) is 5.02 Å². The molecule has 0 aliphatic carbocycles. The van der Waals surface area contributed by atoms with E-state index in [2.05, 4.69) is 15.3 Å². The fourth-order valence-electron chi connectivity index (χ4n) is 2.72. The topological polar surface area (TPSA) is 58.1 Å². The van der Waals surface area contributed by atoms with Crippen molar-refractivity contribution < 1.29 is 4.79 Å². The van der Waals surface area contributed by atoms with E-state index in [1.807, 2.05) is 62.4 Å². The van der Waals surface area contributed by atoms with Crippen LogP contribution in [-0.4, -0.2) is 27.8 Å². The lowest BCUT2D eigenvalue weighted by molar-refractivity contribution is 0.0779. The number of anilines is 2. The molecular formula is C21H21ClN4O. The maximum absolute atomic E-state index is 12.8. The van der Waals surface area contributed by atoms with E-state index in [0.29, 0.717) is 28.9 Å². The van der Waals surface area contributed by atoms with Crippen LogP contribution in [0.25, 0.3) is 0 Å². The minimum atomic E-state index is -0.157. The van der Waals surface area contributed by atoms with Gasteiger partial charge in [-0.1, -0.05) is 48.0 Å². The van der Waals surface area contributed by atoms with Gasteiger partial charge in [0, 0.05) is 30.0 Å². The molecule has 1 aromatic heterocycles. The molecular weight excluding hydrogens is 360 g/mol. The van der Waals surface area contributed by atoms with Crippen molar-refractivity contribution in [2.45, 2.75) is 20.4 Å². The molecule has 0 radical (unpaired) electrons. The second kappa shape index (κ2) is 8.18. The number of rotatable bonds is 5. The molecule has 0 aliphatic rings. The van der Waals surface area contributed by atoms with Gasteiger partial charge in [-0.15, -0.1) is 0 Å². The number of amides is 1. The lowest BCUT2D eigenvalue weighted by atomic mass is 10.2. The minimum Gasteiger partial charge on any atom is -0.336 e. The fraction of sp³-hybridized carbons (Fsp3) is 0.190. The molecule has 2 aromatic carbocycles. The van der Waals surface area contributed by atoms with E-state index in [9.17, 15) is 4.79 Å². The predicted molar refractivity (Wildman–Crippen MR) is 108 cm³/mol. The Kier molecular flexibility index (Phi) is 5.72. The van der Waals surface area contributed by atoms with Crippen LogP contribution in [0.15, 0.2) is 54.6 Å². The largest absolute Gasteiger partial charge is 0.336 e. The standard InChI is InChI=1S/C21H21ClN4O/c1-14-12-19(20(27)26(3)13-16-8-5-4-6-9-16)25-21(23-14)24-18-11-7-10-17(22)15(18)2/h4-12H,13H2,1-3H3,(H,23,24,25). The molecule has 0 saturated carbocycles. The van der Waals surface area contributed by atoms with Gasteiger partial charge in [-0.05, 0) is 43.2 Å². The summed E-state index contributed by atoms with van der Waals surface area (Å²) in [5.41, 5.74) is 3.83. The molecule has 0 aliphatic heterocycles. The third-order valence-electron chi connectivity index (χ3n) is 4.20. The minimum absolute atomic E-state index is 0.157. The van der Waals surface area contributed by atoms with Gasteiger partial charge in [0.25, 0.3) is 5.91 Å². The van der Waals surface area contributed by atoms with Crippen LogP contribution < -0.4 is 5.32 Å². The molecule has 3 rings (SSSR count). The zero-order chi connectivity index (χ0) is 19.4. The summed E-state index contributed by atoms with van der Waals surface area (Å²) in [7, 11) is 1.76. The number of hydrogen-bond acceptors (Lipinski definition) is 4. The molecule has 0 unspecified atom stereocenters. The first kappa shape index (κ1) is 18.9. The van der Waals surface area contributed by atoms with Crippen molar-refractivity contribution in [2.24, 2.45) is 0 Å². The molecule has 5 nitrogen and oxygen atoms in total. The first-order chi connectivity index (χ1) is 12.9. The average molecular weight is 381 g/mol. The van der Waals surface area contributed by atoms with Gasteiger partial charge in [0.05, 0.1) is 0 Å². The molecule has 0 atom stereocenters. The average Bonchev–Trinajstić information content (AvgIpc) is 2.65. The van der Waals surface area contributed by atoms with Crippen molar-refractivity contribution in [3.63, 3.8) is 0 Å². The number of benzene rings is 2. The number of carbonyl (C=O) groups excluding carboxylic acids is 1. The first-order valence-electron chi connectivity index (χ1n) is 8.61. The van der Waals surface area contributed by atoms with Gasteiger partial charge in [0.1, 0.15) is 5.69 Å². The number of aromatic nitrogens is 2. The van der Waals surface area contributed by atoms with E-state index in [-0.39, 0.29) is 5.91 Å². The molecule has 0 fully saturated rings. The normalized spacial score (nSPS) is 10.5. The smallest absolute Gasteiger partial charge is 0.272 e. The van der Waals surface area contributed by atoms with Gasteiger partial charge < -0.3 is 10.2 Å². The third kappa shape index (κ3) is 4.63. The maximum atomic E-state index is 12.8. The molecule has 27 heavy (non-hydrogen) atoms. The lowest BCUT2D eigenvalue weighted by Crippen LogP contribution is -2.27. The summed E-state index contributed by atoms with van der Waals surface area (Å²) in [6.07, 6.45) is 0. The van der Waals surface area contributed by atoms with Crippen LogP contribution in [0.1, 0.15) is 27.3 Å². The van der Waals surface area contributed by atoms with Crippen molar-refractivity contribution in [3.8, 4) is 0 Å². The third-order valence-corrected chi connectivity index (χ3v) is 4.61. The molecule has 138 valence electrons. The summed E-state index contributed by atoms with van der Waals surface area (Å²) in [6.45, 7) is 4.27. The molecule has 3 aromatic rings. The second-order valence-electron chi connectivity index (χ2n) is 6.40. The molecule has 1 heterocycles. The van der Waals surface area contributed by atoms with Crippen LogP contribution in [0.3, 0.4) is 0 Å². The van der Waals surface area contributed by atoms with Crippen molar-refractivity contribution in [3.05, 3.63) is 82.1 Å². The summed E-state index contributed by atoms with van der Waals surface area (Å²) in [6, 6.07) is 17.1. The highest BCUT2D eigenvalue weighted by Gasteiger charge is 2.16. The fourth-order valence-corrected chi connectivity index (χ4v) is 2.90. The summed E-state index contributed by atoms with van der Waals surface area (Å²) in [5, 5.41) is 3.82. The van der Waals surface area contributed by atoms with Gasteiger partial charge in [0.15, 0.2) is 0 Å². The summed E-state index contributed by atoms with van der Waals surface area (Å²) in [4.78, 5) is 23.3. The number of carbonyl (C=O) groups is 1. The van der Waals surface area contributed by atoms with Crippen molar-refractivity contribution in [1.82, 2.24) is 14.9 Å². The van der Waals surface area contributed by atoms with E-state index in [1.54, 1.807) is 18.0 Å². The summed E-state index contributed by atoms with van der Waals surface area (Å²) in [5.74, 6) is 0.215. The van der Waals surface area contributed by atoms with Gasteiger partial charge in [-0.3, -0.25) is 4.79 Å². The van der Waals surface area contributed by atoms with E-state index in [4.69, 9.17) is 11.6 Å². The van der Waals surface area contributed by atoms with Crippen LogP contribution in [0.4, 0.5) is 11.6 Å². The van der Waals surface area contributed by atoms with Gasteiger partial charge in [0.2, 0.25) is 5.95 Å². The van der Waals surface area contributed by atoms with Crippen LogP contribution >= 0.6 is 11.6 Å². The van der Waals surface area contributed by atoms with Crippen LogP contribution in [0, 0.1) is 13.8 Å². The number of hydrogen-bond donors (Lipinski definition) is 1. The highest BCUT2D eigenvalue weighted by atomic mass is 35.5. The number of aryl methyl sites for hydroxylation is 1. The summed E-state index contributed by atoms with van der Waals surface area (Å²) >= 11 is 6.17. The Balaban J connectivity index is 1.82. The Morgan fingerprint density at radius 1 is 1.07 bits per heavy atom. The van der Waals surface area contributed by atoms with E-state index < -0.39 is 0 Å². The zero-order valence-electron chi connectivity index (χ0n) is 15.5. The maximum Gasteiger partial charge on any atom is 0.272 e. The Morgan fingerprint density at radius 2 is 1.81 bits per heavy atom. The van der Waals surface area contributed by atoms with Crippen molar-refractivity contribution in [2.75, 3.05) is 12.4 Å². The van der Waals surface area contributed by atoms with Gasteiger partial charge in [-0.25, -0.2) is 9.97 Å². The molecule has 6 heteroatoms. The Labute approximate surface area is 164 Å². The highest BCUT2D eigenvalue weighted by Crippen LogP contribution is 2.25. The lowest BCUT2D eigenvalue weighted by Gasteiger charge is -2.17. The molecule has 0 spiro atoms. The SMILES string of the molecule is Cc1cc(C(=O)N(C)Cc2ccccc2)nc(Nc2cccc(Cl)c2C)n1. The quantitative estimate of drug-likeness (QED) is 0.693.